The number of hydrogen-bond donors (Lipinski definition) is 2. The molecule has 1 aromatic rings. The van der Waals surface area contributed by atoms with E-state index in [-0.39, 0.29) is 30.5 Å². The first kappa shape index (κ1) is 14.7. The third-order valence-corrected chi connectivity index (χ3v) is 2.40. The number of nitrogens with zero attached hydrogens (tertiary/aromatic N) is 1. The second-order valence-corrected chi connectivity index (χ2v) is 3.98. The van der Waals surface area contributed by atoms with Crippen molar-refractivity contribution in [3.63, 3.8) is 0 Å². The van der Waals surface area contributed by atoms with Crippen LogP contribution in [0.25, 0.3) is 0 Å². The zero-order valence-corrected chi connectivity index (χ0v) is 10.6. The summed E-state index contributed by atoms with van der Waals surface area (Å²) in [7, 11) is 1.43. The Kier molecular flexibility index (Phi) is 5.59. The highest BCUT2D eigenvalue weighted by Gasteiger charge is 2.12. The second kappa shape index (κ2) is 7.20. The molecule has 1 heterocycles. The third-order valence-electron chi connectivity index (χ3n) is 2.40. The smallest absolute Gasteiger partial charge is 0.323 e. The van der Waals surface area contributed by atoms with Gasteiger partial charge in [-0.05, 0) is 18.6 Å². The lowest BCUT2D eigenvalue weighted by atomic mass is 10.2. The molecule has 0 spiro atoms. The lowest BCUT2D eigenvalue weighted by Gasteiger charge is -2.14. The predicted molar refractivity (Wildman–Crippen MR) is 65.5 cm³/mol. The van der Waals surface area contributed by atoms with E-state index in [9.17, 15) is 14.4 Å². The summed E-state index contributed by atoms with van der Waals surface area (Å²) < 4.78 is 4.90. The zero-order chi connectivity index (χ0) is 14.3. The van der Waals surface area contributed by atoms with E-state index in [1.54, 1.807) is 12.1 Å². The van der Waals surface area contributed by atoms with Gasteiger partial charge in [0, 0.05) is 20.0 Å². The Morgan fingerprint density at radius 1 is 1.42 bits per heavy atom. The van der Waals surface area contributed by atoms with Crippen LogP contribution in [-0.2, 0) is 9.59 Å². The van der Waals surface area contributed by atoms with Crippen molar-refractivity contribution in [3.8, 4) is 0 Å². The second-order valence-electron chi connectivity index (χ2n) is 3.98. The van der Waals surface area contributed by atoms with Crippen LogP contribution in [0.15, 0.2) is 22.8 Å². The average molecular weight is 268 g/mol. The van der Waals surface area contributed by atoms with E-state index in [4.69, 9.17) is 9.52 Å². The van der Waals surface area contributed by atoms with Gasteiger partial charge in [-0.2, -0.15) is 0 Å². The number of likely N-dealkylation sites (N-methyl/N-ethyl adjacent to an activating group) is 1. The molecule has 0 aromatic carbocycles. The summed E-state index contributed by atoms with van der Waals surface area (Å²) in [5.74, 6) is -1.44. The lowest BCUT2D eigenvalue weighted by molar-refractivity contribution is -0.143. The normalized spacial score (nSPS) is 9.95. The van der Waals surface area contributed by atoms with Crippen molar-refractivity contribution >= 4 is 17.8 Å². The molecule has 0 aliphatic heterocycles. The molecule has 2 amide bonds. The summed E-state index contributed by atoms with van der Waals surface area (Å²) in [6, 6.07) is 3.15. The minimum atomic E-state index is -1.05. The number of furan rings is 1. The molecule has 7 heteroatoms. The van der Waals surface area contributed by atoms with Crippen molar-refractivity contribution in [3.05, 3.63) is 24.2 Å². The van der Waals surface area contributed by atoms with E-state index in [1.807, 2.05) is 0 Å². The first-order valence-corrected chi connectivity index (χ1v) is 5.78. The van der Waals surface area contributed by atoms with E-state index < -0.39 is 5.97 Å². The summed E-state index contributed by atoms with van der Waals surface area (Å²) in [5.41, 5.74) is 0. The molecule has 0 saturated heterocycles. The predicted octanol–water partition coefficient (Wildman–Crippen LogP) is 0.333. The molecule has 0 atom stereocenters. The summed E-state index contributed by atoms with van der Waals surface area (Å²) in [4.78, 5) is 34.5. The Bertz CT molecular complexity index is 441. The fourth-order valence-corrected chi connectivity index (χ4v) is 1.42. The van der Waals surface area contributed by atoms with Crippen LogP contribution in [0.4, 0.5) is 0 Å². The highest BCUT2D eigenvalue weighted by Crippen LogP contribution is 2.00. The Morgan fingerprint density at radius 2 is 2.16 bits per heavy atom. The van der Waals surface area contributed by atoms with E-state index in [0.717, 1.165) is 4.90 Å². The van der Waals surface area contributed by atoms with E-state index in [0.29, 0.717) is 13.0 Å². The number of carboxylic acid groups (broad SMARTS) is 1. The Balaban J connectivity index is 2.18. The van der Waals surface area contributed by atoms with E-state index >= 15 is 0 Å². The van der Waals surface area contributed by atoms with Crippen molar-refractivity contribution in [2.24, 2.45) is 0 Å². The van der Waals surface area contributed by atoms with Crippen LogP contribution < -0.4 is 5.32 Å². The van der Waals surface area contributed by atoms with Crippen molar-refractivity contribution < 1.29 is 23.9 Å². The number of nitrogens with one attached hydrogen (secondary N) is 1. The third kappa shape index (κ3) is 5.24. The first-order chi connectivity index (χ1) is 9.00. The zero-order valence-electron chi connectivity index (χ0n) is 10.6. The van der Waals surface area contributed by atoms with Gasteiger partial charge in [-0.15, -0.1) is 0 Å². The maximum absolute atomic E-state index is 11.5. The minimum Gasteiger partial charge on any atom is -0.480 e. The molecule has 1 aromatic heterocycles. The maximum Gasteiger partial charge on any atom is 0.323 e. The van der Waals surface area contributed by atoms with Gasteiger partial charge in [0.1, 0.15) is 6.54 Å². The monoisotopic (exact) mass is 268 g/mol. The fraction of sp³-hybridized carbons (Fsp3) is 0.417. The molecule has 1 rings (SSSR count). The number of carbonyl (C=O) groups is 3. The van der Waals surface area contributed by atoms with Gasteiger partial charge in [-0.1, -0.05) is 0 Å². The number of carbonyl (C=O) groups excluding carboxylic acids is 2. The van der Waals surface area contributed by atoms with Gasteiger partial charge >= 0.3 is 5.97 Å². The van der Waals surface area contributed by atoms with Crippen LogP contribution in [0.2, 0.25) is 0 Å². The molecule has 0 fully saturated rings. The molecule has 0 radical (unpaired) electrons. The molecule has 2 N–H and O–H groups in total. The van der Waals surface area contributed by atoms with Crippen molar-refractivity contribution in [1.82, 2.24) is 10.2 Å². The molecule has 0 unspecified atom stereocenters. The van der Waals surface area contributed by atoms with Gasteiger partial charge in [0.25, 0.3) is 5.91 Å². The highest BCUT2D eigenvalue weighted by atomic mass is 16.4. The molecule has 104 valence electrons. The van der Waals surface area contributed by atoms with E-state index in [1.165, 1.54) is 13.3 Å². The molecule has 0 bridgehead atoms. The molecular formula is C12H16N2O5. The molecule has 7 nitrogen and oxygen atoms in total. The van der Waals surface area contributed by atoms with Crippen LogP contribution in [0.3, 0.4) is 0 Å². The maximum atomic E-state index is 11.5. The number of aliphatic carboxylic acids is 1. The fourth-order valence-electron chi connectivity index (χ4n) is 1.42. The molecular weight excluding hydrogens is 252 g/mol. The molecule has 0 aliphatic rings. The minimum absolute atomic E-state index is 0.183. The summed E-state index contributed by atoms with van der Waals surface area (Å²) in [5, 5.41) is 11.1. The van der Waals surface area contributed by atoms with Crippen LogP contribution >= 0.6 is 0 Å². The number of rotatable bonds is 7. The van der Waals surface area contributed by atoms with Crippen LogP contribution in [0.1, 0.15) is 23.4 Å². The SMILES string of the molecule is CN(CC(=O)O)C(=O)CCCNC(=O)c1ccco1. The molecule has 19 heavy (non-hydrogen) atoms. The molecule has 0 saturated carbocycles. The van der Waals surface area contributed by atoms with Gasteiger partial charge in [0.05, 0.1) is 6.26 Å². The quantitative estimate of drug-likeness (QED) is 0.694. The van der Waals surface area contributed by atoms with Crippen molar-refractivity contribution in [2.45, 2.75) is 12.8 Å². The molecule has 0 aliphatic carbocycles. The highest BCUT2D eigenvalue weighted by molar-refractivity contribution is 5.91. The van der Waals surface area contributed by atoms with Crippen LogP contribution in [-0.4, -0.2) is 47.9 Å². The topological polar surface area (TPSA) is 99.9 Å². The Hall–Kier alpha value is -2.31. The largest absolute Gasteiger partial charge is 0.480 e. The Morgan fingerprint density at radius 3 is 2.74 bits per heavy atom. The number of carboxylic acids is 1. The van der Waals surface area contributed by atoms with Crippen molar-refractivity contribution in [1.29, 1.82) is 0 Å². The summed E-state index contributed by atoms with van der Waals surface area (Å²) in [6.45, 7) is 0.00374. The van der Waals surface area contributed by atoms with Gasteiger partial charge < -0.3 is 19.7 Å². The van der Waals surface area contributed by atoms with Gasteiger partial charge in [0.15, 0.2) is 5.76 Å². The van der Waals surface area contributed by atoms with Crippen LogP contribution in [0, 0.1) is 0 Å². The van der Waals surface area contributed by atoms with Gasteiger partial charge in [-0.25, -0.2) is 0 Å². The van der Waals surface area contributed by atoms with Crippen molar-refractivity contribution in [2.75, 3.05) is 20.1 Å². The Labute approximate surface area is 110 Å². The van der Waals surface area contributed by atoms with Gasteiger partial charge in [-0.3, -0.25) is 14.4 Å². The van der Waals surface area contributed by atoms with Gasteiger partial charge in [0.2, 0.25) is 5.91 Å². The standard InChI is InChI=1S/C12H16N2O5/c1-14(8-11(16)17)10(15)5-2-6-13-12(18)9-4-3-7-19-9/h3-4,7H,2,5-6,8H2,1H3,(H,13,18)(H,16,17). The summed E-state index contributed by atoms with van der Waals surface area (Å²) in [6.07, 6.45) is 2.02. The number of hydrogen-bond acceptors (Lipinski definition) is 4. The summed E-state index contributed by atoms with van der Waals surface area (Å²) >= 11 is 0. The van der Waals surface area contributed by atoms with Crippen LogP contribution in [0.5, 0.6) is 0 Å². The first-order valence-electron chi connectivity index (χ1n) is 5.78. The average Bonchev–Trinajstić information content (AvgIpc) is 2.86. The number of amides is 2. The lowest BCUT2D eigenvalue weighted by Crippen LogP contribution is -2.32. The van der Waals surface area contributed by atoms with E-state index in [2.05, 4.69) is 5.32 Å².